The fraction of sp³-hybridized carbons (Fsp3) is 0.718. The Labute approximate surface area is 318 Å². The second kappa shape index (κ2) is 18.7. The van der Waals surface area contributed by atoms with Crippen LogP contribution in [0.2, 0.25) is 0 Å². The fourth-order valence-electron chi connectivity index (χ4n) is 8.76. The van der Waals surface area contributed by atoms with Gasteiger partial charge in [0, 0.05) is 42.8 Å². The lowest BCUT2D eigenvalue weighted by Crippen LogP contribution is -2.48. The molecule has 0 bridgehead atoms. The highest BCUT2D eigenvalue weighted by atomic mass is 16.6. The van der Waals surface area contributed by atoms with Gasteiger partial charge in [-0.05, 0) is 86.9 Å². The number of rotatable bonds is 16. The monoisotopic (exact) mass is 759 g/mol. The predicted octanol–water partition coefficient (Wildman–Crippen LogP) is 5.86. The van der Waals surface area contributed by atoms with E-state index in [1.165, 1.54) is 6.07 Å². The Kier molecular flexibility index (Phi) is 15.3. The van der Waals surface area contributed by atoms with E-state index in [4.69, 9.17) is 18.9 Å². The van der Waals surface area contributed by atoms with E-state index in [-0.39, 0.29) is 83.9 Å². The summed E-state index contributed by atoms with van der Waals surface area (Å²) in [5, 5.41) is 8.60. The molecule has 1 aromatic rings. The maximum atomic E-state index is 12.9. The van der Waals surface area contributed by atoms with E-state index in [1.807, 2.05) is 0 Å². The van der Waals surface area contributed by atoms with Gasteiger partial charge in [0.05, 0.1) is 0 Å². The zero-order chi connectivity index (χ0) is 40.3. The average molecular weight is 760 g/mol. The van der Waals surface area contributed by atoms with Crippen LogP contribution < -0.4 is 21.5 Å². The van der Waals surface area contributed by atoms with Crippen LogP contribution in [-0.4, -0.2) is 78.0 Å². The summed E-state index contributed by atoms with van der Waals surface area (Å²) in [6.45, 7) is 19.3. The Bertz CT molecular complexity index is 1570. The molecule has 5 atom stereocenters. The first-order valence-corrected chi connectivity index (χ1v) is 18.8. The second-order valence-electron chi connectivity index (χ2n) is 17.5. The number of anilines is 1. The second-order valence-corrected chi connectivity index (χ2v) is 17.5. The van der Waals surface area contributed by atoms with Gasteiger partial charge in [0.15, 0.2) is 0 Å². The maximum Gasteiger partial charge on any atom is 0.407 e. The Morgan fingerprint density at radius 2 is 1.41 bits per heavy atom. The third kappa shape index (κ3) is 15.5. The molecule has 2 aliphatic rings. The van der Waals surface area contributed by atoms with Gasteiger partial charge in [-0.2, -0.15) is 0 Å². The molecule has 1 heterocycles. The number of nitrogens with one attached hydrogen (secondary N) is 4. The van der Waals surface area contributed by atoms with E-state index in [9.17, 15) is 28.8 Å². The van der Waals surface area contributed by atoms with Crippen LogP contribution in [0.25, 0.3) is 0 Å². The van der Waals surface area contributed by atoms with Gasteiger partial charge in [0.25, 0.3) is 5.56 Å². The lowest BCUT2D eigenvalue weighted by atomic mass is 9.61. The van der Waals surface area contributed by atoms with E-state index >= 15 is 0 Å². The van der Waals surface area contributed by atoms with Gasteiger partial charge in [-0.25, -0.2) is 19.4 Å². The summed E-state index contributed by atoms with van der Waals surface area (Å²) in [5.74, 6) is -1.27. The van der Waals surface area contributed by atoms with Gasteiger partial charge in [-0.15, -0.1) is 0 Å². The van der Waals surface area contributed by atoms with Crippen molar-refractivity contribution in [3.8, 4) is 0 Å². The first kappa shape index (κ1) is 44.0. The summed E-state index contributed by atoms with van der Waals surface area (Å²) in [6, 6.07) is 0.540. The maximum absolute atomic E-state index is 12.9. The van der Waals surface area contributed by atoms with Crippen LogP contribution in [0.1, 0.15) is 118 Å². The van der Waals surface area contributed by atoms with E-state index < -0.39 is 30.2 Å². The molecule has 4 N–H and O–H groups in total. The number of urea groups is 1. The summed E-state index contributed by atoms with van der Waals surface area (Å²) < 4.78 is 21.1. The highest BCUT2D eigenvalue weighted by Gasteiger charge is 2.43. The first-order valence-electron chi connectivity index (χ1n) is 18.8. The van der Waals surface area contributed by atoms with E-state index in [0.717, 1.165) is 31.8 Å². The van der Waals surface area contributed by atoms with Crippen LogP contribution in [0, 0.1) is 28.6 Å². The fourth-order valence-corrected chi connectivity index (χ4v) is 8.76. The number of carbonyl (C=O) groups excluding carboxylic acids is 5. The number of alkyl carbamates (subject to hydrolysis) is 1. The molecule has 3 rings (SSSR count). The zero-order valence-corrected chi connectivity index (χ0v) is 33.3. The molecule has 302 valence electrons. The minimum Gasteiger partial charge on any atom is -0.462 e. The van der Waals surface area contributed by atoms with Crippen molar-refractivity contribution < 1.29 is 42.9 Å². The van der Waals surface area contributed by atoms with Crippen molar-refractivity contribution in [1.82, 2.24) is 20.6 Å². The van der Waals surface area contributed by atoms with Crippen LogP contribution in [0.5, 0.6) is 0 Å². The minimum atomic E-state index is -0.674. The quantitative estimate of drug-likeness (QED) is 0.0680. The summed E-state index contributed by atoms with van der Waals surface area (Å²) in [6.07, 6.45) is 5.78. The standard InChI is InChI=1S/C39H61N5O10/c1-10-30(46)51-15-16-52-31(47)11-13-39(9)21-28(19-37(6,7)24-39)42-35(50)54-26(3)22-53-32(48)12-14-38(8)20-27(18-36(4,5)23-38)41-34(49)44-33-40-25(2)17-29(45)43-33/h10,17,26-28H,1,11-16,18-24H2,2-9H3,(H,42,50)(H3,40,41,43,44,45,49). The Morgan fingerprint density at radius 1 is 0.870 bits per heavy atom. The smallest absolute Gasteiger partial charge is 0.407 e. The number of aromatic nitrogens is 2. The first-order chi connectivity index (χ1) is 25.1. The summed E-state index contributed by atoms with van der Waals surface area (Å²) >= 11 is 0. The molecule has 2 fully saturated rings. The molecule has 0 saturated heterocycles. The molecule has 5 unspecified atom stereocenters. The SMILES string of the molecule is C=CC(=O)OCCOC(=O)CCC1(C)CC(NC(=O)OC(C)COC(=O)CCC2(C)CC(NC(=O)Nc3nc(C)cc(=O)[nH]3)CC(C)(C)C2)CC(C)(C)C1. The molecule has 0 aromatic carbocycles. The molecule has 0 spiro atoms. The van der Waals surface area contributed by atoms with Crippen molar-refractivity contribution in [2.24, 2.45) is 21.7 Å². The third-order valence-corrected chi connectivity index (χ3v) is 10.1. The van der Waals surface area contributed by atoms with Crippen molar-refractivity contribution in [3.63, 3.8) is 0 Å². The number of ether oxygens (including phenoxy) is 4. The van der Waals surface area contributed by atoms with Crippen molar-refractivity contribution in [2.45, 2.75) is 138 Å². The number of esters is 3. The lowest BCUT2D eigenvalue weighted by molar-refractivity contribution is -0.150. The molecule has 15 nitrogen and oxygen atoms in total. The highest BCUT2D eigenvalue weighted by Crippen LogP contribution is 2.49. The predicted molar refractivity (Wildman–Crippen MR) is 201 cm³/mol. The van der Waals surface area contributed by atoms with Crippen molar-refractivity contribution in [3.05, 3.63) is 34.8 Å². The van der Waals surface area contributed by atoms with Gasteiger partial charge in [-0.3, -0.25) is 24.7 Å². The van der Waals surface area contributed by atoms with Gasteiger partial charge < -0.3 is 29.6 Å². The summed E-state index contributed by atoms with van der Waals surface area (Å²) in [4.78, 5) is 80.4. The Hall–Kier alpha value is -4.43. The largest absolute Gasteiger partial charge is 0.462 e. The molecule has 2 aliphatic carbocycles. The molecule has 0 aliphatic heterocycles. The summed E-state index contributed by atoms with van der Waals surface area (Å²) in [5.41, 5.74) is -0.540. The van der Waals surface area contributed by atoms with Crippen LogP contribution in [0.3, 0.4) is 0 Å². The number of H-pyrrole nitrogens is 1. The molecular formula is C39H61N5O10. The molecule has 15 heteroatoms. The van der Waals surface area contributed by atoms with Crippen LogP contribution >= 0.6 is 0 Å². The van der Waals surface area contributed by atoms with Crippen molar-refractivity contribution in [2.75, 3.05) is 25.1 Å². The van der Waals surface area contributed by atoms with E-state index in [0.29, 0.717) is 31.4 Å². The van der Waals surface area contributed by atoms with Gasteiger partial charge in [-0.1, -0.05) is 48.1 Å². The third-order valence-electron chi connectivity index (χ3n) is 10.1. The number of aryl methyl sites for hydroxylation is 1. The number of hydrogen-bond donors (Lipinski definition) is 4. The molecule has 0 radical (unpaired) electrons. The Morgan fingerprint density at radius 3 is 1.96 bits per heavy atom. The summed E-state index contributed by atoms with van der Waals surface area (Å²) in [7, 11) is 0. The molecular weight excluding hydrogens is 698 g/mol. The highest BCUT2D eigenvalue weighted by molar-refractivity contribution is 5.87. The zero-order valence-electron chi connectivity index (χ0n) is 33.3. The minimum absolute atomic E-state index is 0.0263. The topological polar surface area (TPSA) is 204 Å². The Balaban J connectivity index is 1.41. The van der Waals surface area contributed by atoms with E-state index in [2.05, 4.69) is 74.0 Å². The van der Waals surface area contributed by atoms with Crippen molar-refractivity contribution in [1.29, 1.82) is 0 Å². The van der Waals surface area contributed by atoms with Gasteiger partial charge in [0.2, 0.25) is 5.95 Å². The lowest BCUT2D eigenvalue weighted by Gasteiger charge is -2.47. The number of nitrogens with zero attached hydrogens (tertiary/aromatic N) is 1. The normalized spacial score (nSPS) is 24.9. The molecule has 3 amide bonds. The number of carbonyl (C=O) groups is 5. The molecule has 54 heavy (non-hydrogen) atoms. The molecule has 2 saturated carbocycles. The number of aromatic amines is 1. The van der Waals surface area contributed by atoms with Crippen LogP contribution in [0.4, 0.5) is 15.5 Å². The van der Waals surface area contributed by atoms with E-state index in [1.54, 1.807) is 13.8 Å². The van der Waals surface area contributed by atoms with Gasteiger partial charge in [0.1, 0.15) is 25.9 Å². The molecule has 1 aromatic heterocycles. The van der Waals surface area contributed by atoms with Crippen LogP contribution in [-0.2, 0) is 33.3 Å². The van der Waals surface area contributed by atoms with Gasteiger partial charge >= 0.3 is 30.0 Å². The van der Waals surface area contributed by atoms with Crippen molar-refractivity contribution >= 4 is 36.0 Å². The number of amides is 3. The van der Waals surface area contributed by atoms with Crippen LogP contribution in [0.15, 0.2) is 23.5 Å². The average Bonchev–Trinajstić information content (AvgIpc) is 3.01. The number of hydrogen-bond acceptors (Lipinski definition) is 11.